The minimum atomic E-state index is 0.853. The fourth-order valence-corrected chi connectivity index (χ4v) is 2.73. The first kappa shape index (κ1) is 19.0. The van der Waals surface area contributed by atoms with Crippen molar-refractivity contribution in [1.82, 2.24) is 0 Å². The standard InChI is InChI=1S/C19H40/c1-7-8-9-11-17(4)12-10-13-18(5)14-15-19(6)16(2)3/h16-19H,7-15H2,1-6H3. The second kappa shape index (κ2) is 11.8. The molecule has 3 atom stereocenters. The summed E-state index contributed by atoms with van der Waals surface area (Å²) in [4.78, 5) is 0. The van der Waals surface area contributed by atoms with Crippen molar-refractivity contribution in [3.63, 3.8) is 0 Å². The van der Waals surface area contributed by atoms with Gasteiger partial charge < -0.3 is 0 Å². The van der Waals surface area contributed by atoms with E-state index in [1.54, 1.807) is 0 Å². The fourth-order valence-electron chi connectivity index (χ4n) is 2.73. The first-order valence-electron chi connectivity index (χ1n) is 8.97. The van der Waals surface area contributed by atoms with Crippen LogP contribution in [0.25, 0.3) is 0 Å². The van der Waals surface area contributed by atoms with Crippen LogP contribution >= 0.6 is 0 Å². The van der Waals surface area contributed by atoms with Gasteiger partial charge in [-0.3, -0.25) is 0 Å². The molecule has 0 aliphatic rings. The highest BCUT2D eigenvalue weighted by molar-refractivity contribution is 4.62. The van der Waals surface area contributed by atoms with Crippen LogP contribution in [0.15, 0.2) is 0 Å². The van der Waals surface area contributed by atoms with Crippen LogP contribution in [0.3, 0.4) is 0 Å². The Kier molecular flexibility index (Phi) is 11.8. The van der Waals surface area contributed by atoms with Crippen LogP contribution in [-0.2, 0) is 0 Å². The molecule has 0 rings (SSSR count). The maximum atomic E-state index is 2.45. The van der Waals surface area contributed by atoms with Gasteiger partial charge in [0.15, 0.2) is 0 Å². The Morgan fingerprint density at radius 2 is 1.11 bits per heavy atom. The molecule has 0 saturated carbocycles. The van der Waals surface area contributed by atoms with E-state index in [-0.39, 0.29) is 0 Å². The summed E-state index contributed by atoms with van der Waals surface area (Å²) in [7, 11) is 0. The fraction of sp³-hybridized carbons (Fsp3) is 1.00. The molecule has 19 heavy (non-hydrogen) atoms. The van der Waals surface area contributed by atoms with Crippen molar-refractivity contribution in [3.8, 4) is 0 Å². The van der Waals surface area contributed by atoms with E-state index in [2.05, 4.69) is 41.5 Å². The van der Waals surface area contributed by atoms with E-state index in [0.29, 0.717) is 0 Å². The summed E-state index contributed by atoms with van der Waals surface area (Å²) in [5.74, 6) is 3.64. The van der Waals surface area contributed by atoms with Crippen LogP contribution < -0.4 is 0 Å². The molecule has 0 saturated heterocycles. The molecule has 0 fully saturated rings. The zero-order valence-corrected chi connectivity index (χ0v) is 14.7. The summed E-state index contributed by atoms with van der Waals surface area (Å²) in [6.07, 6.45) is 12.9. The molecular weight excluding hydrogens is 228 g/mol. The van der Waals surface area contributed by atoms with Crippen molar-refractivity contribution in [2.75, 3.05) is 0 Å². The average Bonchev–Trinajstić information content (AvgIpc) is 2.36. The number of unbranched alkanes of at least 4 members (excludes halogenated alkanes) is 2. The maximum Gasteiger partial charge on any atom is -0.0420 e. The smallest absolute Gasteiger partial charge is 0.0420 e. The third-order valence-corrected chi connectivity index (χ3v) is 4.95. The molecule has 0 radical (unpaired) electrons. The summed E-state index contributed by atoms with van der Waals surface area (Å²) in [5, 5.41) is 0. The highest BCUT2D eigenvalue weighted by Gasteiger charge is 2.10. The molecule has 0 aromatic rings. The summed E-state index contributed by atoms with van der Waals surface area (Å²) >= 11 is 0. The Morgan fingerprint density at radius 3 is 1.63 bits per heavy atom. The van der Waals surface area contributed by atoms with E-state index < -0.39 is 0 Å². The van der Waals surface area contributed by atoms with Crippen molar-refractivity contribution in [2.45, 2.75) is 99.3 Å². The number of rotatable bonds is 12. The third kappa shape index (κ3) is 11.5. The Morgan fingerprint density at radius 1 is 0.579 bits per heavy atom. The largest absolute Gasteiger partial charge is 0.0654 e. The van der Waals surface area contributed by atoms with Crippen LogP contribution in [0.4, 0.5) is 0 Å². The van der Waals surface area contributed by atoms with Gasteiger partial charge in [-0.25, -0.2) is 0 Å². The van der Waals surface area contributed by atoms with E-state index in [1.807, 2.05) is 0 Å². The lowest BCUT2D eigenvalue weighted by Gasteiger charge is -2.19. The van der Waals surface area contributed by atoms with Crippen molar-refractivity contribution < 1.29 is 0 Å². The Labute approximate surface area is 123 Å². The van der Waals surface area contributed by atoms with Crippen LogP contribution in [0.2, 0.25) is 0 Å². The lowest BCUT2D eigenvalue weighted by Crippen LogP contribution is -2.06. The minimum absolute atomic E-state index is 0.853. The predicted molar refractivity (Wildman–Crippen MR) is 89.6 cm³/mol. The molecule has 0 heteroatoms. The summed E-state index contributed by atoms with van der Waals surface area (Å²) in [6, 6.07) is 0. The Balaban J connectivity index is 3.49. The van der Waals surface area contributed by atoms with E-state index >= 15 is 0 Å². The van der Waals surface area contributed by atoms with Crippen molar-refractivity contribution in [3.05, 3.63) is 0 Å². The lowest BCUT2D eigenvalue weighted by molar-refractivity contribution is 0.333. The predicted octanol–water partition coefficient (Wildman–Crippen LogP) is 7.08. The number of hydrogen-bond acceptors (Lipinski definition) is 0. The van der Waals surface area contributed by atoms with Gasteiger partial charge in [-0.15, -0.1) is 0 Å². The molecule has 0 spiro atoms. The average molecular weight is 269 g/mol. The highest BCUT2D eigenvalue weighted by Crippen LogP contribution is 2.23. The van der Waals surface area contributed by atoms with Gasteiger partial charge in [-0.05, 0) is 23.7 Å². The Hall–Kier alpha value is 0. The molecule has 0 nitrogen and oxygen atoms in total. The quantitative estimate of drug-likeness (QED) is 0.332. The summed E-state index contributed by atoms with van der Waals surface area (Å²) in [5.41, 5.74) is 0. The van der Waals surface area contributed by atoms with E-state index in [4.69, 9.17) is 0 Å². The molecule has 0 heterocycles. The van der Waals surface area contributed by atoms with Crippen molar-refractivity contribution >= 4 is 0 Å². The molecule has 0 aromatic carbocycles. The van der Waals surface area contributed by atoms with Gasteiger partial charge in [-0.2, -0.15) is 0 Å². The van der Waals surface area contributed by atoms with Gasteiger partial charge in [0.2, 0.25) is 0 Å². The molecule has 0 aliphatic heterocycles. The molecule has 0 bridgehead atoms. The molecule has 0 aliphatic carbocycles. The Bertz CT molecular complexity index is 182. The number of hydrogen-bond donors (Lipinski definition) is 0. The second-order valence-electron chi connectivity index (χ2n) is 7.44. The molecule has 0 aromatic heterocycles. The minimum Gasteiger partial charge on any atom is -0.0654 e. The first-order chi connectivity index (χ1) is 8.97. The third-order valence-electron chi connectivity index (χ3n) is 4.95. The zero-order chi connectivity index (χ0) is 14.7. The summed E-state index contributed by atoms with van der Waals surface area (Å²) < 4.78 is 0. The van der Waals surface area contributed by atoms with Gasteiger partial charge >= 0.3 is 0 Å². The summed E-state index contributed by atoms with van der Waals surface area (Å²) in [6.45, 7) is 14.3. The zero-order valence-electron chi connectivity index (χ0n) is 14.7. The first-order valence-corrected chi connectivity index (χ1v) is 8.97. The normalized spacial score (nSPS) is 16.6. The van der Waals surface area contributed by atoms with Gasteiger partial charge in [0.05, 0.1) is 0 Å². The van der Waals surface area contributed by atoms with E-state index in [9.17, 15) is 0 Å². The van der Waals surface area contributed by atoms with Crippen LogP contribution in [0, 0.1) is 23.7 Å². The van der Waals surface area contributed by atoms with Gasteiger partial charge in [0, 0.05) is 0 Å². The molecule has 116 valence electrons. The lowest BCUT2D eigenvalue weighted by atomic mass is 9.87. The van der Waals surface area contributed by atoms with Crippen LogP contribution in [0.1, 0.15) is 99.3 Å². The van der Waals surface area contributed by atoms with Crippen molar-refractivity contribution in [1.29, 1.82) is 0 Å². The van der Waals surface area contributed by atoms with Gasteiger partial charge in [-0.1, -0.05) is 99.3 Å². The van der Waals surface area contributed by atoms with Gasteiger partial charge in [0.1, 0.15) is 0 Å². The van der Waals surface area contributed by atoms with Crippen molar-refractivity contribution in [2.24, 2.45) is 23.7 Å². The van der Waals surface area contributed by atoms with Crippen LogP contribution in [-0.4, -0.2) is 0 Å². The maximum absolute atomic E-state index is 2.45. The molecule has 3 unspecified atom stereocenters. The monoisotopic (exact) mass is 268 g/mol. The SMILES string of the molecule is CCCCCC(C)CCCC(C)CCC(C)C(C)C. The van der Waals surface area contributed by atoms with Gasteiger partial charge in [0.25, 0.3) is 0 Å². The second-order valence-corrected chi connectivity index (χ2v) is 7.44. The topological polar surface area (TPSA) is 0 Å². The van der Waals surface area contributed by atoms with Crippen LogP contribution in [0.5, 0.6) is 0 Å². The van der Waals surface area contributed by atoms with E-state index in [0.717, 1.165) is 23.7 Å². The highest BCUT2D eigenvalue weighted by atomic mass is 14.2. The molecule has 0 amide bonds. The molecule has 0 N–H and O–H groups in total. The van der Waals surface area contributed by atoms with E-state index in [1.165, 1.54) is 57.8 Å². The molecular formula is C19H40.